The van der Waals surface area contributed by atoms with E-state index in [-0.39, 0.29) is 11.8 Å². The van der Waals surface area contributed by atoms with Gasteiger partial charge in [-0.05, 0) is 18.6 Å². The summed E-state index contributed by atoms with van der Waals surface area (Å²) in [7, 11) is 0. The van der Waals surface area contributed by atoms with Crippen LogP contribution in [-0.2, 0) is 9.68 Å². The molecular weight excluding hydrogens is 262 g/mol. The molecule has 0 aliphatic carbocycles. The van der Waals surface area contributed by atoms with E-state index in [1.165, 1.54) is 0 Å². The quantitative estimate of drug-likeness (QED) is 0.381. The van der Waals surface area contributed by atoms with Crippen LogP contribution in [0.15, 0.2) is 24.3 Å². The highest BCUT2D eigenvalue weighted by molar-refractivity contribution is 6.21. The van der Waals surface area contributed by atoms with Gasteiger partial charge in [-0.2, -0.15) is 5.26 Å². The monoisotopic (exact) mass is 279 g/mol. The second kappa shape index (κ2) is 8.06. The lowest BCUT2D eigenvalue weighted by Gasteiger charge is -1.93. The van der Waals surface area contributed by atoms with E-state index in [1.54, 1.807) is 24.3 Å². The molecule has 2 rings (SSSR count). The summed E-state index contributed by atoms with van der Waals surface area (Å²) in [5, 5.41) is 9.99. The Morgan fingerprint density at radius 3 is 2.15 bits per heavy atom. The summed E-state index contributed by atoms with van der Waals surface area (Å²) in [6, 6.07) is 6.74. The second-order valence-corrected chi connectivity index (χ2v) is 4.25. The first-order chi connectivity index (χ1) is 9.60. The Morgan fingerprint density at radius 2 is 1.70 bits per heavy atom. The highest BCUT2D eigenvalue weighted by atomic mass is 17.1. The standard InChI is InChI=1S/C8H5NO2.C6H12O3/c10-7-5-3-1-2-4-6(5)8(11)9-7;1-2-3-4-5-6(7)9-8/h1-4H,(H,9,10,11);8H,2-5H2,1H3. The van der Waals surface area contributed by atoms with Crippen LogP contribution in [-0.4, -0.2) is 23.0 Å². The lowest BCUT2D eigenvalue weighted by atomic mass is 10.1. The fourth-order valence-corrected chi connectivity index (χ4v) is 1.68. The molecule has 6 nitrogen and oxygen atoms in total. The van der Waals surface area contributed by atoms with Gasteiger partial charge >= 0.3 is 5.97 Å². The molecule has 0 unspecified atom stereocenters. The molecule has 20 heavy (non-hydrogen) atoms. The maximum atomic E-state index is 10.9. The van der Waals surface area contributed by atoms with Gasteiger partial charge in [0.15, 0.2) is 0 Å². The van der Waals surface area contributed by atoms with Crippen LogP contribution >= 0.6 is 0 Å². The van der Waals surface area contributed by atoms with Gasteiger partial charge in [0, 0.05) is 6.42 Å². The molecule has 0 saturated carbocycles. The van der Waals surface area contributed by atoms with Gasteiger partial charge < -0.3 is 4.89 Å². The number of carbonyl (C=O) groups is 3. The molecule has 0 spiro atoms. The van der Waals surface area contributed by atoms with Crippen LogP contribution in [0, 0.1) is 0 Å². The van der Waals surface area contributed by atoms with Gasteiger partial charge in [0.05, 0.1) is 11.1 Å². The Balaban J connectivity index is 0.000000206. The molecule has 0 aromatic heterocycles. The summed E-state index contributed by atoms with van der Waals surface area (Å²) in [5.74, 6) is -1.14. The fourth-order valence-electron chi connectivity index (χ4n) is 1.68. The van der Waals surface area contributed by atoms with E-state index >= 15 is 0 Å². The molecule has 1 aliphatic rings. The summed E-state index contributed by atoms with van der Waals surface area (Å²) in [6.07, 6.45) is 3.20. The van der Waals surface area contributed by atoms with Crippen LogP contribution in [0.2, 0.25) is 0 Å². The van der Waals surface area contributed by atoms with Gasteiger partial charge in [-0.1, -0.05) is 31.9 Å². The zero-order chi connectivity index (χ0) is 15.0. The van der Waals surface area contributed by atoms with E-state index in [1.807, 2.05) is 6.92 Å². The van der Waals surface area contributed by atoms with Crippen molar-refractivity contribution in [2.45, 2.75) is 32.6 Å². The first-order valence-electron chi connectivity index (χ1n) is 6.39. The molecule has 108 valence electrons. The van der Waals surface area contributed by atoms with Crippen LogP contribution in [0.5, 0.6) is 0 Å². The Morgan fingerprint density at radius 1 is 1.15 bits per heavy atom. The summed E-state index contributed by atoms with van der Waals surface area (Å²) < 4.78 is 0. The Kier molecular flexibility index (Phi) is 6.39. The lowest BCUT2D eigenvalue weighted by Crippen LogP contribution is -2.19. The molecule has 1 aromatic carbocycles. The van der Waals surface area contributed by atoms with Crippen molar-refractivity contribution in [3.05, 3.63) is 35.4 Å². The van der Waals surface area contributed by atoms with E-state index in [0.717, 1.165) is 19.3 Å². The molecule has 0 fully saturated rings. The molecule has 2 N–H and O–H groups in total. The zero-order valence-corrected chi connectivity index (χ0v) is 11.2. The van der Waals surface area contributed by atoms with Crippen LogP contribution < -0.4 is 5.32 Å². The number of unbranched alkanes of at least 4 members (excludes halogenated alkanes) is 2. The third-order valence-electron chi connectivity index (χ3n) is 2.73. The number of amides is 2. The number of fused-ring (bicyclic) bond motifs is 1. The summed E-state index contributed by atoms with van der Waals surface area (Å²) in [4.78, 5) is 35.6. The highest BCUT2D eigenvalue weighted by Crippen LogP contribution is 2.13. The Bertz CT molecular complexity index is 465. The third kappa shape index (κ3) is 4.47. The highest BCUT2D eigenvalue weighted by Gasteiger charge is 2.25. The maximum Gasteiger partial charge on any atom is 0.342 e. The third-order valence-corrected chi connectivity index (χ3v) is 2.73. The Labute approximate surface area is 116 Å². The first-order valence-corrected chi connectivity index (χ1v) is 6.39. The molecule has 0 bridgehead atoms. The predicted octanol–water partition coefficient (Wildman–Crippen LogP) is 2.15. The minimum Gasteiger partial charge on any atom is -0.301 e. The van der Waals surface area contributed by atoms with Crippen LogP contribution in [0.1, 0.15) is 53.3 Å². The van der Waals surface area contributed by atoms with Gasteiger partial charge in [-0.25, -0.2) is 4.79 Å². The van der Waals surface area contributed by atoms with Crippen molar-refractivity contribution in [1.82, 2.24) is 5.32 Å². The summed E-state index contributed by atoms with van der Waals surface area (Å²) >= 11 is 0. The molecule has 1 aliphatic heterocycles. The molecule has 1 heterocycles. The number of hydrogen-bond acceptors (Lipinski definition) is 5. The smallest absolute Gasteiger partial charge is 0.301 e. The van der Waals surface area contributed by atoms with E-state index < -0.39 is 5.97 Å². The second-order valence-electron chi connectivity index (χ2n) is 4.25. The molecule has 2 amide bonds. The largest absolute Gasteiger partial charge is 0.342 e. The van der Waals surface area contributed by atoms with Crippen molar-refractivity contribution in [1.29, 1.82) is 0 Å². The number of rotatable bonds is 4. The normalized spacial score (nSPS) is 12.1. The molecule has 0 atom stereocenters. The van der Waals surface area contributed by atoms with Crippen LogP contribution in [0.25, 0.3) is 0 Å². The summed E-state index contributed by atoms with van der Waals surface area (Å²) in [5.41, 5.74) is 0.940. The molecule has 6 heteroatoms. The van der Waals surface area contributed by atoms with Crippen molar-refractivity contribution in [2.75, 3.05) is 0 Å². The SMILES string of the molecule is CCCCCC(=O)OO.O=C1NC(=O)c2ccccc21. The number of hydrogen-bond donors (Lipinski definition) is 2. The van der Waals surface area contributed by atoms with E-state index in [4.69, 9.17) is 5.26 Å². The van der Waals surface area contributed by atoms with Gasteiger partial charge in [0.25, 0.3) is 11.8 Å². The van der Waals surface area contributed by atoms with Crippen molar-refractivity contribution in [3.8, 4) is 0 Å². The van der Waals surface area contributed by atoms with Crippen molar-refractivity contribution < 1.29 is 24.5 Å². The molecule has 0 radical (unpaired) electrons. The fraction of sp³-hybridized carbons (Fsp3) is 0.357. The number of benzene rings is 1. The molecule has 1 aromatic rings. The van der Waals surface area contributed by atoms with Crippen LogP contribution in [0.4, 0.5) is 0 Å². The molecule has 0 saturated heterocycles. The van der Waals surface area contributed by atoms with Gasteiger partial charge in [0.1, 0.15) is 0 Å². The van der Waals surface area contributed by atoms with E-state index in [9.17, 15) is 14.4 Å². The van der Waals surface area contributed by atoms with Crippen molar-refractivity contribution in [2.24, 2.45) is 0 Å². The van der Waals surface area contributed by atoms with Crippen LogP contribution in [0.3, 0.4) is 0 Å². The zero-order valence-electron chi connectivity index (χ0n) is 11.2. The van der Waals surface area contributed by atoms with Crippen molar-refractivity contribution >= 4 is 17.8 Å². The first kappa shape index (κ1) is 15.8. The van der Waals surface area contributed by atoms with E-state index in [0.29, 0.717) is 17.5 Å². The lowest BCUT2D eigenvalue weighted by molar-refractivity contribution is -0.234. The van der Waals surface area contributed by atoms with E-state index in [2.05, 4.69) is 10.2 Å². The maximum absolute atomic E-state index is 10.9. The number of imide groups is 1. The van der Waals surface area contributed by atoms with Gasteiger partial charge in [0.2, 0.25) is 0 Å². The average molecular weight is 279 g/mol. The van der Waals surface area contributed by atoms with Gasteiger partial charge in [-0.15, -0.1) is 0 Å². The minimum atomic E-state index is -0.538. The minimum absolute atomic E-state index is 0.300. The predicted molar refractivity (Wildman–Crippen MR) is 71.1 cm³/mol. The van der Waals surface area contributed by atoms with Gasteiger partial charge in [-0.3, -0.25) is 14.9 Å². The number of nitrogens with one attached hydrogen (secondary N) is 1. The molecular formula is C14H17NO5. The summed E-state index contributed by atoms with van der Waals surface area (Å²) in [6.45, 7) is 2.05. The number of carbonyl (C=O) groups excluding carboxylic acids is 3. The topological polar surface area (TPSA) is 92.7 Å². The average Bonchev–Trinajstić information content (AvgIpc) is 2.75. The van der Waals surface area contributed by atoms with Crippen molar-refractivity contribution in [3.63, 3.8) is 0 Å². The Hall–Kier alpha value is -2.21.